The number of rotatable bonds is 6. The molecule has 2 aliphatic heterocycles. The minimum atomic E-state index is -0.462. The number of anilines is 1. The van der Waals surface area contributed by atoms with Gasteiger partial charge in [-0.1, -0.05) is 30.3 Å². The van der Waals surface area contributed by atoms with Gasteiger partial charge in [0.25, 0.3) is 5.91 Å². The third-order valence-electron chi connectivity index (χ3n) is 5.07. The lowest BCUT2D eigenvalue weighted by atomic mass is 10.2. The Hall–Kier alpha value is -2.31. The van der Waals surface area contributed by atoms with Crippen LogP contribution in [0.1, 0.15) is 28.8 Å². The Morgan fingerprint density at radius 1 is 1.14 bits per heavy atom. The van der Waals surface area contributed by atoms with E-state index in [-0.39, 0.29) is 18.6 Å². The van der Waals surface area contributed by atoms with Gasteiger partial charge in [-0.3, -0.25) is 4.79 Å². The number of ether oxygens (including phenoxy) is 2. The van der Waals surface area contributed by atoms with Crippen LogP contribution in [0.2, 0.25) is 0 Å². The number of esters is 1. The molecule has 4 rings (SSSR count). The molecule has 0 saturated carbocycles. The monoisotopic (exact) mass is 397 g/mol. The molecule has 1 atom stereocenters. The molecule has 1 fully saturated rings. The molecule has 5 nitrogen and oxygen atoms in total. The van der Waals surface area contributed by atoms with E-state index >= 15 is 0 Å². The summed E-state index contributed by atoms with van der Waals surface area (Å²) in [5, 5.41) is 0. The number of nitrogens with zero attached hydrogens (tertiary/aromatic N) is 1. The largest absolute Gasteiger partial charge is 0.452 e. The van der Waals surface area contributed by atoms with Crippen molar-refractivity contribution in [2.24, 2.45) is 0 Å². The van der Waals surface area contributed by atoms with Gasteiger partial charge in [-0.05, 0) is 43.0 Å². The van der Waals surface area contributed by atoms with Crippen LogP contribution in [0.5, 0.6) is 0 Å². The lowest BCUT2D eigenvalue weighted by Gasteiger charge is -2.17. The molecule has 2 heterocycles. The molecule has 1 amide bonds. The van der Waals surface area contributed by atoms with Crippen LogP contribution >= 0.6 is 11.8 Å². The molecule has 2 aromatic carbocycles. The lowest BCUT2D eigenvalue weighted by molar-refractivity contribution is -0.121. The van der Waals surface area contributed by atoms with Gasteiger partial charge in [-0.2, -0.15) is 0 Å². The molecule has 0 spiro atoms. The van der Waals surface area contributed by atoms with Crippen LogP contribution in [-0.2, 0) is 20.7 Å². The predicted molar refractivity (Wildman–Crippen MR) is 109 cm³/mol. The van der Waals surface area contributed by atoms with Gasteiger partial charge in [-0.25, -0.2) is 4.79 Å². The first-order chi connectivity index (χ1) is 13.7. The van der Waals surface area contributed by atoms with Gasteiger partial charge in [0.05, 0.1) is 11.7 Å². The highest BCUT2D eigenvalue weighted by molar-refractivity contribution is 7.99. The van der Waals surface area contributed by atoms with Crippen LogP contribution in [0.4, 0.5) is 5.69 Å². The van der Waals surface area contributed by atoms with Crippen LogP contribution in [0.25, 0.3) is 0 Å². The van der Waals surface area contributed by atoms with Crippen molar-refractivity contribution in [1.82, 2.24) is 0 Å². The zero-order chi connectivity index (χ0) is 19.3. The number of amides is 1. The van der Waals surface area contributed by atoms with E-state index in [1.54, 1.807) is 22.7 Å². The number of thioether (sulfide) groups is 1. The Morgan fingerprint density at radius 2 is 1.96 bits per heavy atom. The molecule has 0 radical (unpaired) electrons. The van der Waals surface area contributed by atoms with E-state index in [0.29, 0.717) is 12.1 Å². The van der Waals surface area contributed by atoms with E-state index in [2.05, 4.69) is 0 Å². The second kappa shape index (κ2) is 8.80. The molecule has 0 bridgehead atoms. The zero-order valence-corrected chi connectivity index (χ0v) is 16.5. The van der Waals surface area contributed by atoms with Gasteiger partial charge in [0, 0.05) is 29.5 Å². The topological polar surface area (TPSA) is 55.8 Å². The first-order valence-electron chi connectivity index (χ1n) is 9.61. The van der Waals surface area contributed by atoms with Crippen molar-refractivity contribution in [3.63, 3.8) is 0 Å². The normalized spacial score (nSPS) is 18.1. The first-order valence-corrected chi connectivity index (χ1v) is 10.6. The maximum Gasteiger partial charge on any atom is 0.339 e. The molecule has 1 saturated heterocycles. The van der Waals surface area contributed by atoms with Gasteiger partial charge in [0.15, 0.2) is 6.61 Å². The Morgan fingerprint density at radius 3 is 2.82 bits per heavy atom. The van der Waals surface area contributed by atoms with Gasteiger partial charge in [-0.15, -0.1) is 11.8 Å². The molecule has 6 heteroatoms. The van der Waals surface area contributed by atoms with E-state index in [0.717, 1.165) is 47.8 Å². The summed E-state index contributed by atoms with van der Waals surface area (Å²) in [5.74, 6) is 0.160. The fourth-order valence-corrected chi connectivity index (χ4v) is 4.71. The molecule has 146 valence electrons. The summed E-state index contributed by atoms with van der Waals surface area (Å²) in [6.07, 6.45) is 3.23. The first kappa shape index (κ1) is 19.0. The number of fused-ring (bicyclic) bond motifs is 1. The fourth-order valence-electron chi connectivity index (χ4n) is 3.60. The summed E-state index contributed by atoms with van der Waals surface area (Å²) in [5.41, 5.74) is 2.56. The number of hydrogen-bond acceptors (Lipinski definition) is 5. The standard InChI is InChI=1S/C22H23NO4S/c24-21(23-12-11-16-6-1-3-9-19(16)23)14-27-22(25)18-8-2-4-10-20(18)28-15-17-7-5-13-26-17/h1-4,6,8-10,17H,5,7,11-15H2/t17-/m0/s1. The number of benzene rings is 2. The molecular weight excluding hydrogens is 374 g/mol. The van der Waals surface area contributed by atoms with Crippen LogP contribution in [-0.4, -0.2) is 43.5 Å². The van der Waals surface area contributed by atoms with E-state index in [1.165, 1.54) is 0 Å². The van der Waals surface area contributed by atoms with Gasteiger partial charge in [0.1, 0.15) is 0 Å². The quantitative estimate of drug-likeness (QED) is 0.549. The average molecular weight is 397 g/mol. The summed E-state index contributed by atoms with van der Waals surface area (Å²) in [6.45, 7) is 1.19. The number of hydrogen-bond donors (Lipinski definition) is 0. The molecule has 0 aliphatic carbocycles. The Labute approximate surface area is 169 Å². The molecule has 0 aromatic heterocycles. The second-order valence-corrected chi connectivity index (χ2v) is 8.00. The van der Waals surface area contributed by atoms with Gasteiger partial charge >= 0.3 is 5.97 Å². The highest BCUT2D eigenvalue weighted by Crippen LogP contribution is 2.29. The van der Waals surface area contributed by atoms with Crippen molar-refractivity contribution < 1.29 is 19.1 Å². The third kappa shape index (κ3) is 4.23. The summed E-state index contributed by atoms with van der Waals surface area (Å²) < 4.78 is 11.0. The lowest BCUT2D eigenvalue weighted by Crippen LogP contribution is -2.33. The van der Waals surface area contributed by atoms with Crippen LogP contribution in [0, 0.1) is 0 Å². The van der Waals surface area contributed by atoms with Gasteiger partial charge in [0.2, 0.25) is 0 Å². The molecule has 0 N–H and O–H groups in total. The predicted octanol–water partition coefficient (Wildman–Crippen LogP) is 3.70. The minimum Gasteiger partial charge on any atom is -0.452 e. The van der Waals surface area contributed by atoms with Crippen LogP contribution in [0.3, 0.4) is 0 Å². The van der Waals surface area contributed by atoms with Crippen molar-refractivity contribution in [2.45, 2.75) is 30.3 Å². The second-order valence-electron chi connectivity index (χ2n) is 6.94. The number of carbonyl (C=O) groups excluding carboxylic acids is 2. The summed E-state index contributed by atoms with van der Waals surface area (Å²) in [4.78, 5) is 27.7. The highest BCUT2D eigenvalue weighted by Gasteiger charge is 2.25. The highest BCUT2D eigenvalue weighted by atomic mass is 32.2. The fraction of sp³-hybridized carbons (Fsp3) is 0.364. The van der Waals surface area contributed by atoms with Crippen molar-refractivity contribution in [2.75, 3.05) is 30.4 Å². The van der Waals surface area contributed by atoms with Crippen molar-refractivity contribution in [3.05, 3.63) is 59.7 Å². The SMILES string of the molecule is O=C(OCC(=O)N1CCc2ccccc21)c1ccccc1SC[C@@H]1CCCO1. The van der Waals surface area contributed by atoms with E-state index in [9.17, 15) is 9.59 Å². The maximum absolute atomic E-state index is 12.6. The maximum atomic E-state index is 12.6. The average Bonchev–Trinajstić information content (AvgIpc) is 3.40. The van der Waals surface area contributed by atoms with Crippen molar-refractivity contribution in [1.29, 1.82) is 0 Å². The van der Waals surface area contributed by atoms with E-state index in [4.69, 9.17) is 9.47 Å². The van der Waals surface area contributed by atoms with E-state index in [1.807, 2.05) is 42.5 Å². The molecule has 0 unspecified atom stereocenters. The zero-order valence-electron chi connectivity index (χ0n) is 15.6. The van der Waals surface area contributed by atoms with Crippen LogP contribution in [0.15, 0.2) is 53.4 Å². The summed E-state index contributed by atoms with van der Waals surface area (Å²) in [7, 11) is 0. The van der Waals surface area contributed by atoms with E-state index < -0.39 is 5.97 Å². The van der Waals surface area contributed by atoms with Gasteiger partial charge < -0.3 is 14.4 Å². The molecule has 2 aliphatic rings. The Kier molecular flexibility index (Phi) is 5.98. The number of para-hydroxylation sites is 1. The molecule has 2 aromatic rings. The summed E-state index contributed by atoms with van der Waals surface area (Å²) in [6, 6.07) is 15.2. The van der Waals surface area contributed by atoms with Crippen molar-refractivity contribution >= 4 is 29.3 Å². The Balaban J connectivity index is 1.35. The van der Waals surface area contributed by atoms with Crippen molar-refractivity contribution in [3.8, 4) is 0 Å². The number of carbonyl (C=O) groups is 2. The smallest absolute Gasteiger partial charge is 0.339 e. The molecular formula is C22H23NO4S. The molecule has 28 heavy (non-hydrogen) atoms. The van der Waals surface area contributed by atoms with Crippen LogP contribution < -0.4 is 4.90 Å². The third-order valence-corrected chi connectivity index (χ3v) is 6.28. The summed E-state index contributed by atoms with van der Waals surface area (Å²) >= 11 is 1.60. The Bertz CT molecular complexity index is 863. The minimum absolute atomic E-state index is 0.192.